The number of nitrogens with zero attached hydrogens (tertiary/aromatic N) is 3. The average Bonchev–Trinajstić information content (AvgIpc) is 2.48. The Labute approximate surface area is 116 Å². The number of hydrogen-bond donors (Lipinski definition) is 0. The van der Waals surface area contributed by atoms with Gasteiger partial charge in [-0.1, -0.05) is 24.3 Å². The lowest BCUT2D eigenvalue weighted by atomic mass is 10.2. The van der Waals surface area contributed by atoms with Crippen LogP contribution < -0.4 is 0 Å². The molecule has 1 aromatic heterocycles. The molecule has 0 radical (unpaired) electrons. The number of pyridine rings is 1. The second-order valence-electron chi connectivity index (χ2n) is 4.27. The molecule has 0 aliphatic heterocycles. The largest absolute Gasteiger partial charge is 0.336 e. The maximum Gasteiger partial charge on any atom is 0.272 e. The molecule has 0 saturated heterocycles. The first kappa shape index (κ1) is 13.7. The maximum atomic E-state index is 13.5. The summed E-state index contributed by atoms with van der Waals surface area (Å²) in [6, 6.07) is 12.8. The van der Waals surface area contributed by atoms with Crippen LogP contribution in [0.3, 0.4) is 0 Å². The second kappa shape index (κ2) is 5.93. The Bertz CT molecular complexity index is 679. The lowest BCUT2D eigenvalue weighted by molar-refractivity contribution is 0.0778. The minimum absolute atomic E-state index is 0.143. The van der Waals surface area contributed by atoms with Gasteiger partial charge in [-0.3, -0.25) is 4.79 Å². The van der Waals surface area contributed by atoms with Crippen molar-refractivity contribution in [2.45, 2.75) is 6.54 Å². The fraction of sp³-hybridized carbons (Fsp3) is 0.133. The molecule has 0 aliphatic rings. The zero-order chi connectivity index (χ0) is 14.5. The summed E-state index contributed by atoms with van der Waals surface area (Å²) in [6.07, 6.45) is 0. The highest BCUT2D eigenvalue weighted by atomic mass is 19.1. The number of benzene rings is 1. The normalized spacial score (nSPS) is 9.85. The van der Waals surface area contributed by atoms with E-state index < -0.39 is 0 Å². The molecule has 20 heavy (non-hydrogen) atoms. The van der Waals surface area contributed by atoms with Crippen LogP contribution in [-0.2, 0) is 6.54 Å². The SMILES string of the molecule is CN(Cc1ccccc1F)C(=O)c1cccc(C#N)n1. The third-order valence-electron chi connectivity index (χ3n) is 2.79. The first-order chi connectivity index (χ1) is 9.61. The summed E-state index contributed by atoms with van der Waals surface area (Å²) in [5.41, 5.74) is 0.776. The van der Waals surface area contributed by atoms with Crippen molar-refractivity contribution >= 4 is 5.91 Å². The summed E-state index contributed by atoms with van der Waals surface area (Å²) in [4.78, 5) is 17.5. The number of halogens is 1. The van der Waals surface area contributed by atoms with Crippen LogP contribution in [0.15, 0.2) is 42.5 Å². The minimum Gasteiger partial charge on any atom is -0.336 e. The van der Waals surface area contributed by atoms with E-state index in [2.05, 4.69) is 4.98 Å². The van der Waals surface area contributed by atoms with E-state index in [1.165, 1.54) is 23.1 Å². The highest BCUT2D eigenvalue weighted by Gasteiger charge is 2.15. The molecule has 0 fully saturated rings. The van der Waals surface area contributed by atoms with Gasteiger partial charge in [-0.25, -0.2) is 9.37 Å². The molecule has 0 saturated carbocycles. The van der Waals surface area contributed by atoms with Crippen LogP contribution in [0.2, 0.25) is 0 Å². The number of carbonyl (C=O) groups is 1. The maximum absolute atomic E-state index is 13.5. The zero-order valence-electron chi connectivity index (χ0n) is 10.9. The highest BCUT2D eigenvalue weighted by molar-refractivity contribution is 5.92. The lowest BCUT2D eigenvalue weighted by Crippen LogP contribution is -2.27. The topological polar surface area (TPSA) is 57.0 Å². The molecule has 1 heterocycles. The van der Waals surface area contributed by atoms with Gasteiger partial charge >= 0.3 is 0 Å². The predicted molar refractivity (Wildman–Crippen MR) is 71.1 cm³/mol. The Morgan fingerprint density at radius 3 is 2.75 bits per heavy atom. The van der Waals surface area contributed by atoms with Gasteiger partial charge in [-0.05, 0) is 18.2 Å². The zero-order valence-corrected chi connectivity index (χ0v) is 10.9. The van der Waals surface area contributed by atoms with Crippen LogP contribution in [0.5, 0.6) is 0 Å². The number of hydrogen-bond acceptors (Lipinski definition) is 3. The Morgan fingerprint density at radius 1 is 1.30 bits per heavy atom. The molecule has 0 unspecified atom stereocenters. The Kier molecular flexibility index (Phi) is 4.06. The smallest absolute Gasteiger partial charge is 0.272 e. The van der Waals surface area contributed by atoms with E-state index in [1.54, 1.807) is 31.3 Å². The fourth-order valence-corrected chi connectivity index (χ4v) is 1.77. The number of amides is 1. The molecular weight excluding hydrogens is 257 g/mol. The van der Waals surface area contributed by atoms with Crippen molar-refractivity contribution in [2.24, 2.45) is 0 Å². The number of nitriles is 1. The van der Waals surface area contributed by atoms with E-state index in [0.29, 0.717) is 5.56 Å². The molecule has 1 amide bonds. The van der Waals surface area contributed by atoms with E-state index in [0.717, 1.165) is 0 Å². The fourth-order valence-electron chi connectivity index (χ4n) is 1.77. The Hall–Kier alpha value is -2.74. The van der Waals surface area contributed by atoms with E-state index in [-0.39, 0.29) is 29.7 Å². The van der Waals surface area contributed by atoms with Crippen molar-refractivity contribution in [1.82, 2.24) is 9.88 Å². The predicted octanol–water partition coefficient (Wildman–Crippen LogP) is 2.36. The van der Waals surface area contributed by atoms with Gasteiger partial charge in [0.1, 0.15) is 23.3 Å². The Balaban J connectivity index is 2.17. The van der Waals surface area contributed by atoms with E-state index in [9.17, 15) is 9.18 Å². The first-order valence-corrected chi connectivity index (χ1v) is 5.98. The van der Waals surface area contributed by atoms with Crippen molar-refractivity contribution in [1.29, 1.82) is 5.26 Å². The summed E-state index contributed by atoms with van der Waals surface area (Å²) in [5.74, 6) is -0.712. The highest BCUT2D eigenvalue weighted by Crippen LogP contribution is 2.11. The van der Waals surface area contributed by atoms with Gasteiger partial charge in [0.15, 0.2) is 0 Å². The van der Waals surface area contributed by atoms with Crippen molar-refractivity contribution in [3.05, 3.63) is 65.2 Å². The molecule has 0 N–H and O–H groups in total. The van der Waals surface area contributed by atoms with Crippen molar-refractivity contribution in [3.63, 3.8) is 0 Å². The van der Waals surface area contributed by atoms with Gasteiger partial charge < -0.3 is 4.90 Å². The van der Waals surface area contributed by atoms with Gasteiger partial charge in [0.25, 0.3) is 5.91 Å². The van der Waals surface area contributed by atoms with Crippen molar-refractivity contribution in [2.75, 3.05) is 7.05 Å². The third kappa shape index (κ3) is 2.98. The lowest BCUT2D eigenvalue weighted by Gasteiger charge is -2.17. The summed E-state index contributed by atoms with van der Waals surface area (Å²) in [6.45, 7) is 0.143. The minimum atomic E-state index is -0.356. The molecule has 2 rings (SSSR count). The molecule has 2 aromatic rings. The van der Waals surface area contributed by atoms with E-state index in [4.69, 9.17) is 5.26 Å². The first-order valence-electron chi connectivity index (χ1n) is 5.98. The van der Waals surface area contributed by atoms with Crippen LogP contribution >= 0.6 is 0 Å². The molecule has 1 aromatic carbocycles. The van der Waals surface area contributed by atoms with Crippen LogP contribution in [-0.4, -0.2) is 22.8 Å². The monoisotopic (exact) mass is 269 g/mol. The number of aromatic nitrogens is 1. The number of carbonyl (C=O) groups excluding carboxylic acids is 1. The molecule has 0 spiro atoms. The van der Waals surface area contributed by atoms with Crippen molar-refractivity contribution in [3.8, 4) is 6.07 Å². The van der Waals surface area contributed by atoms with Crippen molar-refractivity contribution < 1.29 is 9.18 Å². The average molecular weight is 269 g/mol. The second-order valence-corrected chi connectivity index (χ2v) is 4.27. The molecule has 5 heteroatoms. The molecular formula is C15H12FN3O. The van der Waals surface area contributed by atoms with Crippen LogP contribution in [0.1, 0.15) is 21.7 Å². The van der Waals surface area contributed by atoms with Gasteiger partial charge in [0.2, 0.25) is 0 Å². The van der Waals surface area contributed by atoms with Crippen LogP contribution in [0, 0.1) is 17.1 Å². The standard InChI is InChI=1S/C15H12FN3O/c1-19(10-11-5-2-3-7-13(11)16)15(20)14-8-4-6-12(9-17)18-14/h2-8H,10H2,1H3. The molecule has 100 valence electrons. The summed E-state index contributed by atoms with van der Waals surface area (Å²) in [5, 5.41) is 8.77. The van der Waals surface area contributed by atoms with Gasteiger partial charge in [0, 0.05) is 19.2 Å². The van der Waals surface area contributed by atoms with Crippen LogP contribution in [0.4, 0.5) is 4.39 Å². The molecule has 0 aliphatic carbocycles. The summed E-state index contributed by atoms with van der Waals surface area (Å²) < 4.78 is 13.5. The quantitative estimate of drug-likeness (QED) is 0.859. The molecule has 0 atom stereocenters. The Morgan fingerprint density at radius 2 is 2.05 bits per heavy atom. The van der Waals surface area contributed by atoms with Gasteiger partial charge in [0.05, 0.1) is 0 Å². The summed E-state index contributed by atoms with van der Waals surface area (Å²) in [7, 11) is 1.56. The van der Waals surface area contributed by atoms with E-state index >= 15 is 0 Å². The third-order valence-corrected chi connectivity index (χ3v) is 2.79. The van der Waals surface area contributed by atoms with Gasteiger partial charge in [-0.15, -0.1) is 0 Å². The molecule has 4 nitrogen and oxygen atoms in total. The van der Waals surface area contributed by atoms with E-state index in [1.807, 2.05) is 6.07 Å². The van der Waals surface area contributed by atoms with Gasteiger partial charge in [-0.2, -0.15) is 5.26 Å². The summed E-state index contributed by atoms with van der Waals surface area (Å²) >= 11 is 0. The number of rotatable bonds is 3. The molecule has 0 bridgehead atoms. The van der Waals surface area contributed by atoms with Crippen LogP contribution in [0.25, 0.3) is 0 Å².